The van der Waals surface area contributed by atoms with Crippen molar-refractivity contribution in [3.05, 3.63) is 0 Å². The van der Waals surface area contributed by atoms with Crippen LogP contribution in [0.5, 0.6) is 0 Å². The van der Waals surface area contributed by atoms with Gasteiger partial charge in [0.2, 0.25) is 0 Å². The molecule has 26 valence electrons. The monoisotopic (exact) mass is 382 g/mol. The van der Waals surface area contributed by atoms with Gasteiger partial charge in [-0.3, -0.25) is 0 Å². The first-order valence-corrected chi connectivity index (χ1v) is 11.2. The number of rotatable bonds is 0. The zero-order valence-electron chi connectivity index (χ0n) is 3.14. The Morgan fingerprint density at radius 2 is 1.60 bits per heavy atom. The molecule has 0 aromatic rings. The summed E-state index contributed by atoms with van der Waals surface area (Å²) in [6, 6.07) is 0. The molecule has 0 N–H and O–H groups in total. The van der Waals surface area contributed by atoms with E-state index in [4.69, 9.17) is 0 Å². The summed E-state index contributed by atoms with van der Waals surface area (Å²) in [6.45, 7) is 0. The standard InChI is InChI=1S/BH4Si.Fe.Nd.Pr/c1-2;;;/h1-2H2;;;. The van der Waals surface area contributed by atoms with Crippen molar-refractivity contribution in [1.82, 2.24) is 0 Å². The van der Waals surface area contributed by atoms with Gasteiger partial charge in [0, 0.05) is 57.9 Å². The van der Waals surface area contributed by atoms with Gasteiger partial charge in [-0.25, -0.2) is 0 Å². The molecule has 0 amide bonds. The van der Waals surface area contributed by atoms with E-state index in [2.05, 4.69) is 7.44 Å². The third-order valence-corrected chi connectivity index (χ3v) is 0. The molecule has 0 aliphatic carbocycles. The van der Waals surface area contributed by atoms with E-state index in [1.54, 1.807) is 0 Å². The smallest absolute Gasteiger partial charge is 0 e. The van der Waals surface area contributed by atoms with Crippen LogP contribution in [0.1, 0.15) is 0 Å². The van der Waals surface area contributed by atoms with Crippen LogP contribution in [0.25, 0.3) is 0 Å². The summed E-state index contributed by atoms with van der Waals surface area (Å²) in [7, 11) is 2.34. The van der Waals surface area contributed by atoms with Crippen LogP contribution < -0.4 is 0 Å². The maximum atomic E-state index is 2.34. The summed E-state index contributed by atoms with van der Waals surface area (Å²) in [5.74, 6) is 0. The first-order chi connectivity index (χ1) is 1.41. The van der Waals surface area contributed by atoms with E-state index in [1.807, 2.05) is 0 Å². The first kappa shape index (κ1) is 15.8. The summed E-state index contributed by atoms with van der Waals surface area (Å²) >= 11 is 1.36. The van der Waals surface area contributed by atoms with Gasteiger partial charge in [-0.15, -0.1) is 0 Å². The van der Waals surface area contributed by atoms with Crippen molar-refractivity contribution in [1.29, 1.82) is 0 Å². The quantitative estimate of drug-likeness (QED) is 0.432. The van der Waals surface area contributed by atoms with Crippen LogP contribution in [0, 0.1) is 78.9 Å². The molecule has 0 aromatic heterocycles. The van der Waals surface area contributed by atoms with E-state index in [-0.39, 0.29) is 57.9 Å². The maximum Gasteiger partial charge on any atom is 0 e. The SMILES string of the molecule is B[SiH2][Pr].[Fe].[Nd]. The van der Waals surface area contributed by atoms with E-state index < -0.39 is 0 Å². The molecule has 0 fully saturated rings. The fourth-order valence-electron chi connectivity index (χ4n) is 0. The third kappa shape index (κ3) is 18.5. The van der Waals surface area contributed by atoms with Crippen molar-refractivity contribution in [2.45, 2.75) is 0 Å². The summed E-state index contributed by atoms with van der Waals surface area (Å²) in [4.78, 5) is 0. The molecule has 0 rings (SSSR count). The normalized spacial score (nSPS) is 5.40. The molecular formula is H4BFeNdPrSi. The molecule has 0 atom stereocenters. The molecule has 0 aromatic carbocycles. The summed E-state index contributed by atoms with van der Waals surface area (Å²) in [5.41, 5.74) is 0. The van der Waals surface area contributed by atoms with Gasteiger partial charge in [0.1, 0.15) is 0 Å². The van der Waals surface area contributed by atoms with Crippen molar-refractivity contribution < 1.29 is 96.0 Å². The largest absolute Gasteiger partial charge is 0 e. The minimum absolute atomic E-state index is 0. The fourth-order valence-corrected chi connectivity index (χ4v) is 0. The van der Waals surface area contributed by atoms with E-state index in [0.717, 1.165) is 0 Å². The molecule has 0 unspecified atom stereocenters. The van der Waals surface area contributed by atoms with Gasteiger partial charge in [-0.2, -0.15) is 0 Å². The Hall–Kier alpha value is 3.52. The minimum atomic E-state index is 0. The van der Waals surface area contributed by atoms with E-state index in [1.165, 1.54) is 38.1 Å². The van der Waals surface area contributed by atoms with Gasteiger partial charge in [0.05, 0.1) is 0 Å². The maximum absolute atomic E-state index is 2.34. The molecule has 0 bridgehead atoms. The van der Waals surface area contributed by atoms with Crippen LogP contribution in [0.3, 0.4) is 0 Å². The van der Waals surface area contributed by atoms with Crippen LogP contribution in [0.15, 0.2) is 0 Å². The number of hydrogen-bond acceptors (Lipinski definition) is 0. The molecule has 0 saturated carbocycles. The van der Waals surface area contributed by atoms with Crippen LogP contribution in [0.2, 0.25) is 0 Å². The number of hydrogen-bond donors (Lipinski definition) is 0. The molecule has 5 heavy (non-hydrogen) atoms. The molecule has 0 spiro atoms. The Kier molecular flexibility index (Phi) is 49.5. The second kappa shape index (κ2) is 15.6. The average Bonchev–Trinajstić information content (AvgIpc) is 0.918. The third-order valence-electron chi connectivity index (χ3n) is 0. The second-order valence-electron chi connectivity index (χ2n) is 0.408. The molecule has 0 heterocycles. The fraction of sp³-hybridized carbons (Fsp3) is 0. The van der Waals surface area contributed by atoms with Gasteiger partial charge in [0.25, 0.3) is 0 Å². The molecule has 0 aliphatic heterocycles. The molecule has 0 aliphatic rings. The van der Waals surface area contributed by atoms with Gasteiger partial charge in [0.15, 0.2) is 0 Å². The summed E-state index contributed by atoms with van der Waals surface area (Å²) in [5, 5.41) is 0. The molecule has 0 saturated heterocycles. The van der Waals surface area contributed by atoms with Crippen LogP contribution in [-0.4, -0.2) is 11.3 Å². The van der Waals surface area contributed by atoms with E-state index in [0.29, 0.717) is 3.90 Å². The average molecular weight is 384 g/mol. The molecule has 0 radical (unpaired) electrons. The topological polar surface area (TPSA) is 0 Å². The molecule has 0 nitrogen and oxygen atoms in total. The first-order valence-electron chi connectivity index (χ1n) is 1.12. The van der Waals surface area contributed by atoms with E-state index >= 15 is 0 Å². The Labute approximate surface area is 104 Å². The van der Waals surface area contributed by atoms with Crippen LogP contribution >= 0.6 is 0 Å². The van der Waals surface area contributed by atoms with Crippen molar-refractivity contribution in [2.75, 3.05) is 0 Å². The zero-order valence-corrected chi connectivity index (χ0v) is 12.6. The van der Waals surface area contributed by atoms with Crippen molar-refractivity contribution in [3.8, 4) is 0 Å². The van der Waals surface area contributed by atoms with Gasteiger partial charge in [-0.05, 0) is 0 Å². The summed E-state index contributed by atoms with van der Waals surface area (Å²) in [6.07, 6.45) is 0. The predicted octanol–water partition coefficient (Wildman–Crippen LogP) is -1.83. The van der Waals surface area contributed by atoms with Crippen molar-refractivity contribution in [3.63, 3.8) is 0 Å². The van der Waals surface area contributed by atoms with Gasteiger partial charge >= 0.3 is 49.4 Å². The Balaban J connectivity index is -0.0000000200. The predicted molar refractivity (Wildman–Crippen MR) is 17.1 cm³/mol. The Bertz CT molecular complexity index is 11.6. The Morgan fingerprint density at radius 1 is 1.60 bits per heavy atom. The van der Waals surface area contributed by atoms with Crippen molar-refractivity contribution >= 4 is 11.3 Å². The van der Waals surface area contributed by atoms with Gasteiger partial charge < -0.3 is 0 Å². The molecular weight excluding hydrogens is 380 g/mol. The van der Waals surface area contributed by atoms with Gasteiger partial charge in [-0.1, -0.05) is 0 Å². The van der Waals surface area contributed by atoms with Crippen LogP contribution in [0.4, 0.5) is 0 Å². The second-order valence-corrected chi connectivity index (χ2v) is 9.08. The van der Waals surface area contributed by atoms with Crippen molar-refractivity contribution in [2.24, 2.45) is 0 Å². The molecule has 5 heteroatoms. The Morgan fingerprint density at radius 3 is 1.60 bits per heavy atom. The van der Waals surface area contributed by atoms with Crippen LogP contribution in [-0.2, 0) is 17.1 Å². The zero-order chi connectivity index (χ0) is 2.71. The minimum Gasteiger partial charge on any atom is 0 e. The van der Waals surface area contributed by atoms with E-state index in [9.17, 15) is 0 Å². The summed E-state index contributed by atoms with van der Waals surface area (Å²) < 4.78 is 0.583.